The van der Waals surface area contributed by atoms with E-state index in [2.05, 4.69) is 53.1 Å². The van der Waals surface area contributed by atoms with Gasteiger partial charge in [0.05, 0.1) is 0 Å². The molecule has 1 heterocycles. The van der Waals surface area contributed by atoms with Crippen LogP contribution in [0.4, 0.5) is 0 Å². The molecule has 0 saturated carbocycles. The average molecular weight is 445 g/mol. The maximum absolute atomic E-state index is 12.5. The van der Waals surface area contributed by atoms with E-state index in [9.17, 15) is 4.79 Å². The molecule has 0 aromatic heterocycles. The van der Waals surface area contributed by atoms with Gasteiger partial charge in [0.15, 0.2) is 0 Å². The maximum atomic E-state index is 12.5. The largest absolute Gasteiger partial charge is 0.352 e. The number of benzene rings is 4. The summed E-state index contributed by atoms with van der Waals surface area (Å²) in [6.45, 7) is 1.67. The fraction of sp³-hybridized carbons (Fsp3) is 0.250. The number of carbonyl (C=O) groups is 1. The molecular formula is C28H29ClN2O. The summed E-state index contributed by atoms with van der Waals surface area (Å²) < 4.78 is 0. The molecule has 5 rings (SSSR count). The Morgan fingerprint density at radius 2 is 1.62 bits per heavy atom. The predicted octanol–water partition coefficient (Wildman–Crippen LogP) is 6.03. The van der Waals surface area contributed by atoms with Crippen molar-refractivity contribution in [2.45, 2.75) is 38.3 Å². The number of unbranched alkanes of at least 4 members (excludes halogenated alkanes) is 1. The lowest BCUT2D eigenvalue weighted by atomic mass is 9.89. The normalized spacial score (nSPS) is 15.2. The SMILES string of the molecule is Cl.O=C(NCCCCC1Cc2c(ccc3ccccc23)CN1)c1ccc2ccccc2c1. The Bertz CT molecular complexity index is 1240. The lowest BCUT2D eigenvalue weighted by Gasteiger charge is -2.27. The second-order valence-electron chi connectivity index (χ2n) is 8.52. The zero-order chi connectivity index (χ0) is 21.0. The van der Waals surface area contributed by atoms with Crippen LogP contribution in [0, 0.1) is 0 Å². The highest BCUT2D eigenvalue weighted by Gasteiger charge is 2.19. The first-order chi connectivity index (χ1) is 15.3. The summed E-state index contributed by atoms with van der Waals surface area (Å²) in [5.74, 6) is 0.0157. The second kappa shape index (κ2) is 10.2. The summed E-state index contributed by atoms with van der Waals surface area (Å²) >= 11 is 0. The highest BCUT2D eigenvalue weighted by Crippen LogP contribution is 2.27. The fourth-order valence-corrected chi connectivity index (χ4v) is 4.72. The topological polar surface area (TPSA) is 41.1 Å². The highest BCUT2D eigenvalue weighted by molar-refractivity contribution is 5.98. The summed E-state index contributed by atoms with van der Waals surface area (Å²) in [7, 11) is 0. The van der Waals surface area contributed by atoms with Crippen LogP contribution in [0.25, 0.3) is 21.5 Å². The average Bonchev–Trinajstić information content (AvgIpc) is 2.83. The van der Waals surface area contributed by atoms with E-state index in [-0.39, 0.29) is 18.3 Å². The minimum Gasteiger partial charge on any atom is -0.352 e. The second-order valence-corrected chi connectivity index (χ2v) is 8.52. The predicted molar refractivity (Wildman–Crippen MR) is 136 cm³/mol. The van der Waals surface area contributed by atoms with Crippen LogP contribution in [-0.4, -0.2) is 18.5 Å². The van der Waals surface area contributed by atoms with Crippen molar-refractivity contribution in [1.82, 2.24) is 10.6 Å². The fourth-order valence-electron chi connectivity index (χ4n) is 4.72. The van der Waals surface area contributed by atoms with Crippen LogP contribution in [0.5, 0.6) is 0 Å². The molecule has 0 saturated heterocycles. The van der Waals surface area contributed by atoms with Crippen LogP contribution in [0.1, 0.15) is 40.7 Å². The number of nitrogens with one attached hydrogen (secondary N) is 2. The molecule has 1 amide bonds. The van der Waals surface area contributed by atoms with Crippen molar-refractivity contribution in [3.8, 4) is 0 Å². The maximum Gasteiger partial charge on any atom is 0.251 e. The van der Waals surface area contributed by atoms with E-state index in [4.69, 9.17) is 0 Å². The lowest BCUT2D eigenvalue weighted by Crippen LogP contribution is -2.35. The third-order valence-corrected chi connectivity index (χ3v) is 6.45. The molecule has 0 fully saturated rings. The van der Waals surface area contributed by atoms with Gasteiger partial charge in [0.2, 0.25) is 0 Å². The number of hydrogen-bond donors (Lipinski definition) is 2. The van der Waals surface area contributed by atoms with Crippen molar-refractivity contribution in [1.29, 1.82) is 0 Å². The van der Waals surface area contributed by atoms with E-state index in [0.717, 1.165) is 55.1 Å². The minimum absolute atomic E-state index is 0. The van der Waals surface area contributed by atoms with E-state index in [1.807, 2.05) is 36.4 Å². The molecule has 0 radical (unpaired) electrons. The molecule has 4 heteroatoms. The van der Waals surface area contributed by atoms with Crippen molar-refractivity contribution in [3.05, 3.63) is 95.6 Å². The summed E-state index contributed by atoms with van der Waals surface area (Å²) in [4.78, 5) is 12.5. The molecule has 2 N–H and O–H groups in total. The Labute approximate surface area is 195 Å². The molecule has 3 nitrogen and oxygen atoms in total. The molecule has 1 unspecified atom stereocenters. The van der Waals surface area contributed by atoms with Gasteiger partial charge < -0.3 is 10.6 Å². The third-order valence-electron chi connectivity index (χ3n) is 6.45. The van der Waals surface area contributed by atoms with Gasteiger partial charge in [-0.05, 0) is 64.1 Å². The molecule has 0 aliphatic carbocycles. The smallest absolute Gasteiger partial charge is 0.251 e. The van der Waals surface area contributed by atoms with Gasteiger partial charge in [-0.25, -0.2) is 0 Å². The Morgan fingerprint density at radius 3 is 2.50 bits per heavy atom. The van der Waals surface area contributed by atoms with Crippen molar-refractivity contribution >= 4 is 39.9 Å². The number of carbonyl (C=O) groups excluding carboxylic acids is 1. The first-order valence-corrected chi connectivity index (χ1v) is 11.3. The summed E-state index contributed by atoms with van der Waals surface area (Å²) in [6.07, 6.45) is 4.32. The Kier molecular flexibility index (Phi) is 7.09. The number of hydrogen-bond acceptors (Lipinski definition) is 2. The Balaban J connectivity index is 0.00000245. The van der Waals surface area contributed by atoms with E-state index >= 15 is 0 Å². The van der Waals surface area contributed by atoms with Gasteiger partial charge in [-0.1, -0.05) is 73.2 Å². The number of halogens is 1. The monoisotopic (exact) mass is 444 g/mol. The molecule has 0 bridgehead atoms. The van der Waals surface area contributed by atoms with Crippen LogP contribution in [-0.2, 0) is 13.0 Å². The van der Waals surface area contributed by atoms with E-state index in [1.54, 1.807) is 0 Å². The van der Waals surface area contributed by atoms with Gasteiger partial charge >= 0.3 is 0 Å². The Morgan fingerprint density at radius 1 is 0.875 bits per heavy atom. The molecule has 1 aliphatic heterocycles. The molecule has 4 aromatic carbocycles. The summed E-state index contributed by atoms with van der Waals surface area (Å²) in [5.41, 5.74) is 3.67. The molecule has 1 aliphatic rings. The van der Waals surface area contributed by atoms with E-state index in [0.29, 0.717) is 6.04 Å². The number of amides is 1. The van der Waals surface area contributed by atoms with Crippen LogP contribution >= 0.6 is 12.4 Å². The van der Waals surface area contributed by atoms with Gasteiger partial charge in [-0.2, -0.15) is 0 Å². The zero-order valence-electron chi connectivity index (χ0n) is 18.1. The van der Waals surface area contributed by atoms with Crippen LogP contribution < -0.4 is 10.6 Å². The van der Waals surface area contributed by atoms with E-state index in [1.165, 1.54) is 21.9 Å². The molecule has 164 valence electrons. The quantitative estimate of drug-likeness (QED) is 0.356. The van der Waals surface area contributed by atoms with Gasteiger partial charge in [0, 0.05) is 24.7 Å². The number of rotatable bonds is 6. The Hall–Kier alpha value is -2.88. The zero-order valence-corrected chi connectivity index (χ0v) is 19.0. The van der Waals surface area contributed by atoms with Crippen molar-refractivity contribution in [2.24, 2.45) is 0 Å². The lowest BCUT2D eigenvalue weighted by molar-refractivity contribution is 0.0953. The molecule has 32 heavy (non-hydrogen) atoms. The van der Waals surface area contributed by atoms with Crippen LogP contribution in [0.2, 0.25) is 0 Å². The standard InChI is InChI=1S/C28H28N2O.ClH/c31-28(23-14-12-20-7-1-2-9-22(20)17-23)29-16-6-5-10-25-18-27-24(19-30-25)15-13-21-8-3-4-11-26(21)27;/h1-4,7-9,11-15,17,25,30H,5-6,10,16,18-19H2,(H,29,31);1H. The number of fused-ring (bicyclic) bond motifs is 4. The van der Waals surface area contributed by atoms with Gasteiger partial charge in [0.1, 0.15) is 0 Å². The molecular weight excluding hydrogens is 416 g/mol. The van der Waals surface area contributed by atoms with Crippen molar-refractivity contribution < 1.29 is 4.79 Å². The highest BCUT2D eigenvalue weighted by atomic mass is 35.5. The summed E-state index contributed by atoms with van der Waals surface area (Å²) in [5, 5.41) is 11.8. The minimum atomic E-state index is 0. The summed E-state index contributed by atoms with van der Waals surface area (Å²) in [6, 6.07) is 27.7. The molecule has 0 spiro atoms. The molecule has 1 atom stereocenters. The van der Waals surface area contributed by atoms with Gasteiger partial charge in [-0.3, -0.25) is 4.79 Å². The molecule has 4 aromatic rings. The van der Waals surface area contributed by atoms with Crippen LogP contribution in [0.15, 0.2) is 78.9 Å². The van der Waals surface area contributed by atoms with Crippen molar-refractivity contribution in [3.63, 3.8) is 0 Å². The first kappa shape index (κ1) is 22.3. The third kappa shape index (κ3) is 4.79. The van der Waals surface area contributed by atoms with Crippen molar-refractivity contribution in [2.75, 3.05) is 6.54 Å². The van der Waals surface area contributed by atoms with Gasteiger partial charge in [0.25, 0.3) is 5.91 Å². The van der Waals surface area contributed by atoms with E-state index < -0.39 is 0 Å². The first-order valence-electron chi connectivity index (χ1n) is 11.3. The van der Waals surface area contributed by atoms with Crippen LogP contribution in [0.3, 0.4) is 0 Å². The van der Waals surface area contributed by atoms with Gasteiger partial charge in [-0.15, -0.1) is 12.4 Å².